The van der Waals surface area contributed by atoms with Gasteiger partial charge in [0.15, 0.2) is 0 Å². The summed E-state index contributed by atoms with van der Waals surface area (Å²) in [6.07, 6.45) is 3.68. The molecule has 0 fully saturated rings. The van der Waals surface area contributed by atoms with Gasteiger partial charge in [-0.15, -0.1) is 70.8 Å². The molecule has 2 nitrogen and oxygen atoms in total. The van der Waals surface area contributed by atoms with Crippen molar-refractivity contribution < 1.29 is 20.1 Å². The third-order valence-electron chi connectivity index (χ3n) is 7.62. The molecular weight excluding hydrogens is 725 g/mol. The topological polar surface area (TPSA) is 25.8 Å². The van der Waals surface area contributed by atoms with Crippen molar-refractivity contribution in [3.8, 4) is 44.8 Å². The van der Waals surface area contributed by atoms with Crippen LogP contribution in [0.2, 0.25) is 0 Å². The van der Waals surface area contributed by atoms with E-state index in [1.165, 1.54) is 33.4 Å². The first kappa shape index (κ1) is 31.5. The molecule has 0 aliphatic rings. The molecule has 0 saturated heterocycles. The van der Waals surface area contributed by atoms with E-state index in [1.807, 2.05) is 60.8 Å². The van der Waals surface area contributed by atoms with Gasteiger partial charge in [0.2, 0.25) is 0 Å². The fourth-order valence-corrected chi connectivity index (χ4v) is 5.17. The predicted octanol–water partition coefficient (Wildman–Crippen LogP) is 10.6. The molecule has 0 saturated carbocycles. The average molecular weight is 757 g/mol. The summed E-state index contributed by atoms with van der Waals surface area (Å²) in [7, 11) is 0. The van der Waals surface area contributed by atoms with Gasteiger partial charge in [-0.25, -0.2) is 0 Å². The number of pyridine rings is 2. The molecule has 7 aromatic rings. The van der Waals surface area contributed by atoms with Crippen LogP contribution in [-0.4, -0.2) is 9.97 Å². The van der Waals surface area contributed by atoms with Crippen LogP contribution in [0.4, 0.5) is 0 Å². The number of rotatable bonds is 6. The first-order chi connectivity index (χ1) is 21.7. The minimum atomic E-state index is 0. The molecule has 0 aliphatic heterocycles. The van der Waals surface area contributed by atoms with Crippen molar-refractivity contribution in [3.05, 3.63) is 193 Å². The summed E-state index contributed by atoms with van der Waals surface area (Å²) >= 11 is 0. The maximum absolute atomic E-state index is 4.58. The summed E-state index contributed by atoms with van der Waals surface area (Å²) in [5, 5.41) is 0. The van der Waals surface area contributed by atoms with E-state index in [0.29, 0.717) is 5.92 Å². The number of nitrogens with zero attached hydrogens (tertiary/aromatic N) is 2. The average Bonchev–Trinajstić information content (AvgIpc) is 3.13. The molecule has 5 aromatic carbocycles. The summed E-state index contributed by atoms with van der Waals surface area (Å²) in [5.41, 5.74) is 11.3. The van der Waals surface area contributed by atoms with E-state index in [2.05, 4.69) is 132 Å². The normalized spacial score (nSPS) is 11.0. The van der Waals surface area contributed by atoms with Crippen molar-refractivity contribution in [3.63, 3.8) is 0 Å². The summed E-state index contributed by atoms with van der Waals surface area (Å²) < 4.78 is 0. The van der Waals surface area contributed by atoms with Gasteiger partial charge >= 0.3 is 0 Å². The Morgan fingerprint density at radius 2 is 1.00 bits per heavy atom. The molecule has 45 heavy (non-hydrogen) atoms. The molecule has 1 unspecified atom stereocenters. The van der Waals surface area contributed by atoms with Crippen molar-refractivity contribution >= 4 is 0 Å². The van der Waals surface area contributed by atoms with Gasteiger partial charge in [0.1, 0.15) is 0 Å². The zero-order chi connectivity index (χ0) is 30.0. The molecule has 0 bridgehead atoms. The zero-order valence-corrected chi connectivity index (χ0v) is 27.4. The molecule has 1 atom stereocenters. The van der Waals surface area contributed by atoms with Crippen molar-refractivity contribution in [1.29, 1.82) is 0 Å². The van der Waals surface area contributed by atoms with Gasteiger partial charge in [-0.1, -0.05) is 116 Å². The van der Waals surface area contributed by atoms with Crippen molar-refractivity contribution in [2.24, 2.45) is 0 Å². The smallest absolute Gasteiger partial charge is 0.0166 e. The van der Waals surface area contributed by atoms with Gasteiger partial charge in [0.05, 0.1) is 0 Å². The molecule has 2 heterocycles. The first-order valence-electron chi connectivity index (χ1n) is 14.8. The maximum atomic E-state index is 4.58. The van der Waals surface area contributed by atoms with E-state index in [4.69, 9.17) is 0 Å². The van der Waals surface area contributed by atoms with E-state index >= 15 is 0 Å². The van der Waals surface area contributed by atoms with Crippen molar-refractivity contribution in [2.45, 2.75) is 12.8 Å². The van der Waals surface area contributed by atoms with Gasteiger partial charge < -0.3 is 9.97 Å². The summed E-state index contributed by atoms with van der Waals surface area (Å²) in [6.45, 7) is 2.24. The Labute approximate surface area is 279 Å². The molecule has 0 N–H and O–H groups in total. The number of benzene rings is 5. The van der Waals surface area contributed by atoms with Crippen LogP contribution in [-0.2, 0) is 20.1 Å². The molecule has 1 radical (unpaired) electrons. The summed E-state index contributed by atoms with van der Waals surface area (Å²) in [6, 6.07) is 60.5. The van der Waals surface area contributed by atoms with E-state index in [0.717, 1.165) is 22.5 Å². The van der Waals surface area contributed by atoms with E-state index < -0.39 is 0 Å². The van der Waals surface area contributed by atoms with Crippen molar-refractivity contribution in [1.82, 2.24) is 9.97 Å². The van der Waals surface area contributed by atoms with E-state index in [1.54, 1.807) is 6.20 Å². The fraction of sp³-hybridized carbons (Fsp3) is 0.0476. The largest absolute Gasteiger partial charge is 0.305 e. The van der Waals surface area contributed by atoms with Crippen LogP contribution in [0.3, 0.4) is 0 Å². The molecule has 221 valence electrons. The number of hydrogen-bond donors (Lipinski definition) is 0. The maximum Gasteiger partial charge on any atom is 0.0166 e. The van der Waals surface area contributed by atoms with E-state index in [-0.39, 0.29) is 20.1 Å². The van der Waals surface area contributed by atoms with Crippen LogP contribution in [0.5, 0.6) is 0 Å². The SMILES string of the molecule is CC(c1ccccc1)c1cc[c-]c(-c2cc(-c3ccccc3)ccn2)c1.[Ir].[c-]1ccc(-c2ccccc2)cc1-c1ccccn1. The standard InChI is InChI=1S/C25H20N.C17H12N.Ir/c1-19(20-9-4-2-5-10-20)22-13-8-14-24(17-22)25-18-23(15-16-26-25)21-11-6-3-7-12-21;1-2-7-14(8-3-1)15-9-6-10-16(13-15)17-11-4-5-12-18-17;/h2-13,15-19H,1H3;1-9,11-13H;/q2*-1;. The van der Waals surface area contributed by atoms with Crippen LogP contribution in [0.1, 0.15) is 24.0 Å². The minimum Gasteiger partial charge on any atom is -0.305 e. The summed E-state index contributed by atoms with van der Waals surface area (Å²) in [4.78, 5) is 8.93. The monoisotopic (exact) mass is 757 g/mol. The second-order valence-corrected chi connectivity index (χ2v) is 10.5. The molecule has 0 aliphatic carbocycles. The third kappa shape index (κ3) is 8.16. The first-order valence-corrected chi connectivity index (χ1v) is 14.8. The zero-order valence-electron chi connectivity index (χ0n) is 25.0. The van der Waals surface area contributed by atoms with Crippen LogP contribution in [0.15, 0.2) is 170 Å². The van der Waals surface area contributed by atoms with Gasteiger partial charge in [-0.2, -0.15) is 0 Å². The van der Waals surface area contributed by atoms with Gasteiger partial charge in [-0.05, 0) is 51.7 Å². The van der Waals surface area contributed by atoms with Gasteiger partial charge in [0, 0.05) is 32.5 Å². The third-order valence-corrected chi connectivity index (χ3v) is 7.62. The Bertz CT molecular complexity index is 1850. The van der Waals surface area contributed by atoms with Crippen LogP contribution < -0.4 is 0 Å². The minimum absolute atomic E-state index is 0. The van der Waals surface area contributed by atoms with Crippen LogP contribution in [0.25, 0.3) is 44.8 Å². The van der Waals surface area contributed by atoms with Gasteiger partial charge in [-0.3, -0.25) is 0 Å². The van der Waals surface area contributed by atoms with Crippen LogP contribution >= 0.6 is 0 Å². The molecule has 0 spiro atoms. The Kier molecular flexibility index (Phi) is 11.0. The predicted molar refractivity (Wildman–Crippen MR) is 182 cm³/mol. The van der Waals surface area contributed by atoms with E-state index in [9.17, 15) is 0 Å². The van der Waals surface area contributed by atoms with Gasteiger partial charge in [0.25, 0.3) is 0 Å². The molecular formula is C42H32IrN2-2. The fourth-order valence-electron chi connectivity index (χ4n) is 5.17. The molecule has 7 rings (SSSR count). The van der Waals surface area contributed by atoms with Crippen molar-refractivity contribution in [2.75, 3.05) is 0 Å². The van der Waals surface area contributed by atoms with Crippen LogP contribution in [0, 0.1) is 12.1 Å². The quantitative estimate of drug-likeness (QED) is 0.158. The Morgan fingerprint density at radius 3 is 1.64 bits per heavy atom. The Morgan fingerprint density at radius 1 is 0.444 bits per heavy atom. The number of aromatic nitrogens is 2. The number of hydrogen-bond acceptors (Lipinski definition) is 2. The summed E-state index contributed by atoms with van der Waals surface area (Å²) in [5.74, 6) is 0.335. The molecule has 2 aromatic heterocycles. The second-order valence-electron chi connectivity index (χ2n) is 10.5. The molecule has 0 amide bonds. The molecule has 3 heteroatoms. The Balaban J connectivity index is 0.000000185. The Hall–Kier alpha value is -4.95. The second kappa shape index (κ2) is 15.7.